The van der Waals surface area contributed by atoms with Crippen LogP contribution in [0.3, 0.4) is 0 Å². The molecule has 0 saturated heterocycles. The van der Waals surface area contributed by atoms with E-state index in [1.807, 2.05) is 0 Å². The molecule has 1 rings (SSSR count). The SMILES string of the molecule is O=C(O)N1N=CCC1=O. The lowest BCUT2D eigenvalue weighted by Gasteiger charge is -2.01. The molecule has 0 saturated carbocycles. The van der Waals surface area contributed by atoms with E-state index >= 15 is 0 Å². The van der Waals surface area contributed by atoms with Gasteiger partial charge in [0.25, 0.3) is 5.91 Å². The van der Waals surface area contributed by atoms with Crippen molar-refractivity contribution in [2.24, 2.45) is 5.10 Å². The maximum Gasteiger partial charge on any atom is 0.435 e. The van der Waals surface area contributed by atoms with Gasteiger partial charge in [-0.05, 0) is 0 Å². The van der Waals surface area contributed by atoms with Crippen molar-refractivity contribution in [3.05, 3.63) is 0 Å². The normalized spacial score (nSPS) is 16.9. The molecule has 1 N–H and O–H groups in total. The summed E-state index contributed by atoms with van der Waals surface area (Å²) in [5.41, 5.74) is 0. The van der Waals surface area contributed by atoms with Crippen LogP contribution in [0.4, 0.5) is 4.79 Å². The van der Waals surface area contributed by atoms with E-state index in [9.17, 15) is 9.59 Å². The lowest BCUT2D eigenvalue weighted by atomic mass is 10.5. The molecule has 2 amide bonds. The maximum absolute atomic E-state index is 10.4. The van der Waals surface area contributed by atoms with Crippen molar-refractivity contribution >= 4 is 18.2 Å². The molecule has 0 spiro atoms. The summed E-state index contributed by atoms with van der Waals surface area (Å²) in [5.74, 6) is -0.498. The van der Waals surface area contributed by atoms with Gasteiger partial charge in [-0.3, -0.25) is 4.79 Å². The average Bonchev–Trinajstić information content (AvgIpc) is 2.13. The van der Waals surface area contributed by atoms with Crippen LogP contribution in [-0.4, -0.2) is 28.3 Å². The maximum atomic E-state index is 10.4. The first kappa shape index (κ1) is 5.74. The fourth-order valence-electron chi connectivity index (χ4n) is 0.507. The van der Waals surface area contributed by atoms with Crippen LogP contribution >= 0.6 is 0 Å². The van der Waals surface area contributed by atoms with E-state index in [0.717, 1.165) is 0 Å². The zero-order valence-corrected chi connectivity index (χ0v) is 4.44. The molecule has 0 atom stereocenters. The minimum atomic E-state index is -1.33. The lowest BCUT2D eigenvalue weighted by Crippen LogP contribution is -2.26. The smallest absolute Gasteiger partial charge is 0.435 e. The summed E-state index contributed by atoms with van der Waals surface area (Å²) in [6, 6.07) is 0. The van der Waals surface area contributed by atoms with Gasteiger partial charge in [-0.1, -0.05) is 0 Å². The molecule has 48 valence electrons. The van der Waals surface area contributed by atoms with Gasteiger partial charge in [0.2, 0.25) is 0 Å². The van der Waals surface area contributed by atoms with Crippen LogP contribution in [-0.2, 0) is 4.79 Å². The Morgan fingerprint density at radius 1 is 1.89 bits per heavy atom. The van der Waals surface area contributed by atoms with Crippen molar-refractivity contribution in [2.75, 3.05) is 0 Å². The van der Waals surface area contributed by atoms with Gasteiger partial charge in [-0.2, -0.15) is 5.10 Å². The quantitative estimate of drug-likeness (QED) is 0.494. The Morgan fingerprint density at radius 3 is 2.78 bits per heavy atom. The Kier molecular flexibility index (Phi) is 1.18. The van der Waals surface area contributed by atoms with E-state index in [1.165, 1.54) is 6.21 Å². The fourth-order valence-corrected chi connectivity index (χ4v) is 0.507. The minimum absolute atomic E-state index is 0.0896. The molecule has 1 aliphatic heterocycles. The van der Waals surface area contributed by atoms with Crippen LogP contribution in [0, 0.1) is 0 Å². The van der Waals surface area contributed by atoms with Crippen LogP contribution in [0.25, 0.3) is 0 Å². The van der Waals surface area contributed by atoms with E-state index in [1.54, 1.807) is 0 Å². The predicted molar refractivity (Wildman–Crippen MR) is 28.0 cm³/mol. The first-order chi connectivity index (χ1) is 4.22. The first-order valence-corrected chi connectivity index (χ1v) is 2.30. The Morgan fingerprint density at radius 2 is 2.56 bits per heavy atom. The average molecular weight is 128 g/mol. The second-order valence-electron chi connectivity index (χ2n) is 1.49. The zero-order chi connectivity index (χ0) is 6.85. The molecule has 0 aromatic heterocycles. The molecule has 5 nitrogen and oxygen atoms in total. The third-order valence-corrected chi connectivity index (χ3v) is 0.880. The monoisotopic (exact) mass is 128 g/mol. The second kappa shape index (κ2) is 1.85. The summed E-state index contributed by atoms with van der Waals surface area (Å²) in [4.78, 5) is 20.4. The van der Waals surface area contributed by atoms with Crippen molar-refractivity contribution < 1.29 is 14.7 Å². The summed E-state index contributed by atoms with van der Waals surface area (Å²) < 4.78 is 0. The predicted octanol–water partition coefficient (Wildman–Crippen LogP) is -0.117. The van der Waals surface area contributed by atoms with Gasteiger partial charge in [0, 0.05) is 6.21 Å². The van der Waals surface area contributed by atoms with Crippen LogP contribution < -0.4 is 0 Å². The van der Waals surface area contributed by atoms with Crippen molar-refractivity contribution in [3.8, 4) is 0 Å². The molecule has 1 heterocycles. The number of carboxylic acid groups (broad SMARTS) is 1. The molecule has 0 unspecified atom stereocenters. The van der Waals surface area contributed by atoms with Gasteiger partial charge < -0.3 is 5.11 Å². The minimum Gasteiger partial charge on any atom is -0.463 e. The van der Waals surface area contributed by atoms with Crippen molar-refractivity contribution in [2.45, 2.75) is 6.42 Å². The van der Waals surface area contributed by atoms with Crippen molar-refractivity contribution in [1.82, 2.24) is 5.01 Å². The highest BCUT2D eigenvalue weighted by Crippen LogP contribution is 2.00. The third kappa shape index (κ3) is 0.883. The number of imide groups is 1. The summed E-state index contributed by atoms with van der Waals surface area (Å²) in [6.45, 7) is 0. The molecule has 0 fully saturated rings. The number of amides is 2. The summed E-state index contributed by atoms with van der Waals surface area (Å²) >= 11 is 0. The topological polar surface area (TPSA) is 70.0 Å². The molecule has 0 aromatic carbocycles. The van der Waals surface area contributed by atoms with E-state index in [-0.39, 0.29) is 6.42 Å². The second-order valence-corrected chi connectivity index (χ2v) is 1.49. The number of rotatable bonds is 0. The summed E-state index contributed by atoms with van der Waals surface area (Å²) in [6.07, 6.45) is 0.0247. The number of nitrogens with zero attached hydrogens (tertiary/aromatic N) is 2. The van der Waals surface area contributed by atoms with E-state index in [2.05, 4.69) is 5.10 Å². The Bertz CT molecular complexity index is 186. The highest BCUT2D eigenvalue weighted by molar-refractivity contribution is 6.01. The summed E-state index contributed by atoms with van der Waals surface area (Å²) in [7, 11) is 0. The third-order valence-electron chi connectivity index (χ3n) is 0.880. The fraction of sp³-hybridized carbons (Fsp3) is 0.250. The van der Waals surface area contributed by atoms with Crippen molar-refractivity contribution in [3.63, 3.8) is 0 Å². The standard InChI is InChI=1S/C4H4N2O3/c7-3-1-2-5-6(3)4(8)9/h2H,1H2,(H,8,9). The number of hydrogen-bond donors (Lipinski definition) is 1. The van der Waals surface area contributed by atoms with Gasteiger partial charge in [-0.25, -0.2) is 4.79 Å². The van der Waals surface area contributed by atoms with E-state index < -0.39 is 12.0 Å². The highest BCUT2D eigenvalue weighted by atomic mass is 16.4. The molecular weight excluding hydrogens is 124 g/mol. The van der Waals surface area contributed by atoms with Crippen LogP contribution in [0.1, 0.15) is 6.42 Å². The number of hydrazone groups is 1. The van der Waals surface area contributed by atoms with Gasteiger partial charge in [0.15, 0.2) is 0 Å². The van der Waals surface area contributed by atoms with Gasteiger partial charge in [0.1, 0.15) is 0 Å². The van der Waals surface area contributed by atoms with Gasteiger partial charge in [-0.15, -0.1) is 5.01 Å². The Balaban J connectivity index is 2.71. The zero-order valence-electron chi connectivity index (χ0n) is 4.44. The molecule has 1 aliphatic rings. The summed E-state index contributed by atoms with van der Waals surface area (Å²) in [5, 5.41) is 11.9. The molecule has 9 heavy (non-hydrogen) atoms. The molecule has 0 radical (unpaired) electrons. The van der Waals surface area contributed by atoms with Gasteiger partial charge >= 0.3 is 6.09 Å². The van der Waals surface area contributed by atoms with E-state index in [4.69, 9.17) is 5.11 Å². The Hall–Kier alpha value is -1.39. The van der Waals surface area contributed by atoms with Crippen LogP contribution in [0.2, 0.25) is 0 Å². The molecular formula is C4H4N2O3. The largest absolute Gasteiger partial charge is 0.463 e. The molecule has 0 aromatic rings. The molecule has 5 heteroatoms. The van der Waals surface area contributed by atoms with Gasteiger partial charge in [0.05, 0.1) is 6.42 Å². The Labute approximate surface area is 50.6 Å². The van der Waals surface area contributed by atoms with Crippen LogP contribution in [0.5, 0.6) is 0 Å². The molecule has 0 aliphatic carbocycles. The molecule has 0 bridgehead atoms. The first-order valence-electron chi connectivity index (χ1n) is 2.30. The van der Waals surface area contributed by atoms with E-state index in [0.29, 0.717) is 5.01 Å². The van der Waals surface area contributed by atoms with Crippen molar-refractivity contribution in [1.29, 1.82) is 0 Å². The number of carbonyl (C=O) groups is 2. The van der Waals surface area contributed by atoms with Crippen LogP contribution in [0.15, 0.2) is 5.10 Å². The number of carbonyl (C=O) groups excluding carboxylic acids is 1. The highest BCUT2D eigenvalue weighted by Gasteiger charge is 2.22. The number of hydrogen-bond acceptors (Lipinski definition) is 3. The lowest BCUT2D eigenvalue weighted by molar-refractivity contribution is -0.126.